The highest BCUT2D eigenvalue weighted by atomic mass is 32.2. The first-order chi connectivity index (χ1) is 12.0. The molecule has 1 saturated heterocycles. The van der Waals surface area contributed by atoms with Gasteiger partial charge in [0.25, 0.3) is 0 Å². The second-order valence-electron chi connectivity index (χ2n) is 8.18. The molecule has 1 aromatic rings. The molecule has 0 N–H and O–H groups in total. The van der Waals surface area contributed by atoms with Crippen LogP contribution in [0.3, 0.4) is 0 Å². The topological polar surface area (TPSA) is 68.1 Å². The van der Waals surface area contributed by atoms with Crippen LogP contribution in [0.2, 0.25) is 0 Å². The van der Waals surface area contributed by atoms with Gasteiger partial charge in [0.05, 0.1) is 17.5 Å². The standard InChI is InChI=1S/C18H30N4O2S/c1-21(16-10-12-25(23,24)13-16)11-9-17-19-18(14-7-8-14)20-22(17)15-5-3-2-4-6-15/h14-16H,2-13H2,1H3/t16-/m1/s1. The third-order valence-electron chi connectivity index (χ3n) is 6.10. The van der Waals surface area contributed by atoms with E-state index in [1.807, 2.05) is 0 Å². The summed E-state index contributed by atoms with van der Waals surface area (Å²) in [6, 6.07) is 0.680. The molecule has 1 atom stereocenters. The molecule has 25 heavy (non-hydrogen) atoms. The molecule has 140 valence electrons. The summed E-state index contributed by atoms with van der Waals surface area (Å²) in [6.45, 7) is 0.857. The van der Waals surface area contributed by atoms with Crippen molar-refractivity contribution in [3.8, 4) is 0 Å². The molecule has 0 amide bonds. The van der Waals surface area contributed by atoms with Crippen LogP contribution in [-0.2, 0) is 16.3 Å². The fraction of sp³-hybridized carbons (Fsp3) is 0.889. The number of likely N-dealkylation sites (N-methyl/N-ethyl adjacent to an activating group) is 1. The lowest BCUT2D eigenvalue weighted by molar-refractivity contribution is 0.257. The lowest BCUT2D eigenvalue weighted by atomic mass is 9.95. The minimum absolute atomic E-state index is 0.166. The molecule has 2 heterocycles. The number of hydrogen-bond donors (Lipinski definition) is 0. The average molecular weight is 367 g/mol. The molecular formula is C18H30N4O2S. The molecule has 2 saturated carbocycles. The molecule has 6 nitrogen and oxygen atoms in total. The second kappa shape index (κ2) is 6.99. The van der Waals surface area contributed by atoms with Crippen molar-refractivity contribution in [2.24, 2.45) is 0 Å². The third-order valence-corrected chi connectivity index (χ3v) is 7.85. The Morgan fingerprint density at radius 2 is 1.88 bits per heavy atom. The Bertz CT molecular complexity index is 705. The molecule has 3 fully saturated rings. The first kappa shape index (κ1) is 17.5. The van der Waals surface area contributed by atoms with Crippen molar-refractivity contribution in [1.29, 1.82) is 0 Å². The smallest absolute Gasteiger partial charge is 0.154 e. The summed E-state index contributed by atoms with van der Waals surface area (Å²) < 4.78 is 25.7. The molecular weight excluding hydrogens is 336 g/mol. The van der Waals surface area contributed by atoms with Gasteiger partial charge in [-0.3, -0.25) is 0 Å². The van der Waals surface area contributed by atoms with Crippen molar-refractivity contribution in [2.75, 3.05) is 25.1 Å². The highest BCUT2D eigenvalue weighted by molar-refractivity contribution is 7.91. The maximum atomic E-state index is 11.7. The Balaban J connectivity index is 1.43. The van der Waals surface area contributed by atoms with E-state index < -0.39 is 9.84 Å². The van der Waals surface area contributed by atoms with Crippen molar-refractivity contribution < 1.29 is 8.42 Å². The van der Waals surface area contributed by atoms with E-state index in [1.165, 1.54) is 44.9 Å². The minimum Gasteiger partial charge on any atom is -0.302 e. The number of nitrogens with zero attached hydrogens (tertiary/aromatic N) is 4. The highest BCUT2D eigenvalue weighted by Crippen LogP contribution is 2.39. The number of sulfone groups is 1. The minimum atomic E-state index is -2.82. The van der Waals surface area contributed by atoms with Gasteiger partial charge in [0.2, 0.25) is 0 Å². The largest absolute Gasteiger partial charge is 0.302 e. The van der Waals surface area contributed by atoms with Crippen molar-refractivity contribution >= 4 is 9.84 Å². The monoisotopic (exact) mass is 366 g/mol. The highest BCUT2D eigenvalue weighted by Gasteiger charge is 2.32. The number of hydrogen-bond acceptors (Lipinski definition) is 5. The first-order valence-corrected chi connectivity index (χ1v) is 11.7. The van der Waals surface area contributed by atoms with Gasteiger partial charge in [0.1, 0.15) is 5.82 Å². The normalized spacial score (nSPS) is 27.2. The Kier molecular flexibility index (Phi) is 4.88. The van der Waals surface area contributed by atoms with Gasteiger partial charge < -0.3 is 4.90 Å². The Hall–Kier alpha value is -0.950. The zero-order chi connectivity index (χ0) is 17.4. The van der Waals surface area contributed by atoms with Gasteiger partial charge in [-0.15, -0.1) is 0 Å². The molecule has 2 aliphatic carbocycles. The fourth-order valence-corrected chi connectivity index (χ4v) is 6.06. The maximum absolute atomic E-state index is 11.7. The summed E-state index contributed by atoms with van der Waals surface area (Å²) in [6.07, 6.45) is 10.5. The molecule has 4 rings (SSSR count). The van der Waals surface area contributed by atoms with Crippen LogP contribution in [0.1, 0.15) is 75.0 Å². The van der Waals surface area contributed by atoms with Crippen LogP contribution in [0.15, 0.2) is 0 Å². The summed E-state index contributed by atoms with van der Waals surface area (Å²) in [4.78, 5) is 7.09. The van der Waals surface area contributed by atoms with Crippen LogP contribution in [0.25, 0.3) is 0 Å². The molecule has 0 aromatic carbocycles. The van der Waals surface area contributed by atoms with E-state index in [0.29, 0.717) is 23.5 Å². The van der Waals surface area contributed by atoms with Crippen molar-refractivity contribution in [1.82, 2.24) is 19.7 Å². The van der Waals surface area contributed by atoms with Crippen LogP contribution in [0.5, 0.6) is 0 Å². The Morgan fingerprint density at radius 1 is 1.12 bits per heavy atom. The van der Waals surface area contributed by atoms with Gasteiger partial charge >= 0.3 is 0 Å². The maximum Gasteiger partial charge on any atom is 0.154 e. The van der Waals surface area contributed by atoms with E-state index >= 15 is 0 Å². The van der Waals surface area contributed by atoms with Gasteiger partial charge in [0, 0.05) is 24.9 Å². The van der Waals surface area contributed by atoms with E-state index in [-0.39, 0.29) is 6.04 Å². The summed E-state index contributed by atoms with van der Waals surface area (Å²) in [5, 5.41) is 4.89. The van der Waals surface area contributed by atoms with E-state index in [9.17, 15) is 8.42 Å². The van der Waals surface area contributed by atoms with E-state index in [4.69, 9.17) is 10.1 Å². The summed E-state index contributed by atoms with van der Waals surface area (Å²) in [5.41, 5.74) is 0. The Labute approximate surface area is 150 Å². The zero-order valence-corrected chi connectivity index (χ0v) is 16.0. The SMILES string of the molecule is CN(CCc1nc(C2CC2)nn1C1CCCCC1)[C@@H]1CCS(=O)(=O)C1. The van der Waals surface area contributed by atoms with Gasteiger partial charge in [-0.05, 0) is 39.2 Å². The molecule has 0 unspecified atom stereocenters. The lowest BCUT2D eigenvalue weighted by Gasteiger charge is -2.25. The van der Waals surface area contributed by atoms with Crippen LogP contribution < -0.4 is 0 Å². The quantitative estimate of drug-likeness (QED) is 0.773. The number of rotatable bonds is 6. The third kappa shape index (κ3) is 4.08. The van der Waals surface area contributed by atoms with E-state index in [1.54, 1.807) is 0 Å². The van der Waals surface area contributed by atoms with Gasteiger partial charge in [0.15, 0.2) is 15.7 Å². The molecule has 7 heteroatoms. The molecule has 1 aliphatic heterocycles. The van der Waals surface area contributed by atoms with E-state index in [0.717, 1.165) is 31.0 Å². The summed E-state index contributed by atoms with van der Waals surface area (Å²) >= 11 is 0. The van der Waals surface area contributed by atoms with Gasteiger partial charge in [-0.1, -0.05) is 19.3 Å². The summed E-state index contributed by atoms with van der Waals surface area (Å²) in [5.74, 6) is 3.40. The lowest BCUT2D eigenvalue weighted by Crippen LogP contribution is -2.34. The van der Waals surface area contributed by atoms with Crippen molar-refractivity contribution in [3.05, 3.63) is 11.6 Å². The van der Waals surface area contributed by atoms with Crippen LogP contribution >= 0.6 is 0 Å². The molecule has 0 spiro atoms. The molecule has 0 radical (unpaired) electrons. The zero-order valence-electron chi connectivity index (χ0n) is 15.2. The number of aromatic nitrogens is 3. The summed E-state index contributed by atoms with van der Waals surface area (Å²) in [7, 11) is -0.772. The van der Waals surface area contributed by atoms with Crippen LogP contribution in [0, 0.1) is 0 Å². The predicted molar refractivity (Wildman–Crippen MR) is 97.5 cm³/mol. The van der Waals surface area contributed by atoms with Gasteiger partial charge in [-0.25, -0.2) is 18.1 Å². The molecule has 3 aliphatic rings. The van der Waals surface area contributed by atoms with Gasteiger partial charge in [-0.2, -0.15) is 5.10 Å². The first-order valence-electron chi connectivity index (χ1n) is 9.88. The Morgan fingerprint density at radius 3 is 2.52 bits per heavy atom. The fourth-order valence-electron chi connectivity index (χ4n) is 4.26. The average Bonchev–Trinajstić information content (AvgIpc) is 3.26. The van der Waals surface area contributed by atoms with E-state index in [2.05, 4.69) is 16.6 Å². The molecule has 0 bridgehead atoms. The van der Waals surface area contributed by atoms with Crippen LogP contribution in [-0.4, -0.2) is 59.2 Å². The van der Waals surface area contributed by atoms with Crippen molar-refractivity contribution in [3.63, 3.8) is 0 Å². The van der Waals surface area contributed by atoms with Crippen LogP contribution in [0.4, 0.5) is 0 Å². The molecule has 1 aromatic heterocycles. The predicted octanol–water partition coefficient (Wildman–Crippen LogP) is 2.32. The second-order valence-corrected chi connectivity index (χ2v) is 10.4. The van der Waals surface area contributed by atoms with Crippen molar-refractivity contribution in [2.45, 2.75) is 75.8 Å².